The molecule has 0 bridgehead atoms. The molecule has 0 aliphatic carbocycles. The maximum Gasteiger partial charge on any atom is 0.180 e. The summed E-state index contributed by atoms with van der Waals surface area (Å²) < 4.78 is 24.3. The molecular formula is C14H16N2O2S2. The zero-order valence-corrected chi connectivity index (χ0v) is 13.0. The van der Waals surface area contributed by atoms with Gasteiger partial charge in [-0.1, -0.05) is 18.2 Å². The van der Waals surface area contributed by atoms with E-state index in [-0.39, 0.29) is 17.8 Å². The molecule has 0 saturated heterocycles. The molecule has 0 saturated carbocycles. The third kappa shape index (κ3) is 2.39. The summed E-state index contributed by atoms with van der Waals surface area (Å²) >= 11 is 1.64. The Morgan fingerprint density at radius 2 is 2.15 bits per heavy atom. The molecule has 1 aromatic carbocycles. The Bertz CT molecular complexity index is 737. The molecule has 0 radical (unpaired) electrons. The molecule has 0 fully saturated rings. The van der Waals surface area contributed by atoms with Crippen molar-refractivity contribution >= 4 is 21.2 Å². The fourth-order valence-corrected chi connectivity index (χ4v) is 5.07. The van der Waals surface area contributed by atoms with Gasteiger partial charge >= 0.3 is 0 Å². The van der Waals surface area contributed by atoms with Crippen LogP contribution in [0, 0.1) is 6.92 Å². The van der Waals surface area contributed by atoms with E-state index in [0.29, 0.717) is 4.90 Å². The molecule has 0 amide bonds. The SMILES string of the molecule is Cc1cnc(C(C)NC2CS(=O)(=O)c3ccccc32)s1. The van der Waals surface area contributed by atoms with Gasteiger partial charge in [-0.15, -0.1) is 11.3 Å². The van der Waals surface area contributed by atoms with E-state index in [0.717, 1.165) is 15.4 Å². The lowest BCUT2D eigenvalue weighted by Crippen LogP contribution is -2.25. The van der Waals surface area contributed by atoms with Crippen molar-refractivity contribution < 1.29 is 8.42 Å². The molecule has 2 heterocycles. The quantitative estimate of drug-likeness (QED) is 0.947. The molecule has 3 rings (SSSR count). The summed E-state index contributed by atoms with van der Waals surface area (Å²) in [5, 5.41) is 4.38. The Labute approximate surface area is 122 Å². The minimum atomic E-state index is -3.16. The van der Waals surface area contributed by atoms with Crippen LogP contribution in [0.2, 0.25) is 0 Å². The average Bonchev–Trinajstić information content (AvgIpc) is 2.93. The highest BCUT2D eigenvalue weighted by Crippen LogP contribution is 2.34. The van der Waals surface area contributed by atoms with Gasteiger partial charge in [-0.05, 0) is 25.5 Å². The van der Waals surface area contributed by atoms with Gasteiger partial charge in [0, 0.05) is 17.1 Å². The van der Waals surface area contributed by atoms with Crippen LogP contribution in [0.15, 0.2) is 35.4 Å². The zero-order chi connectivity index (χ0) is 14.3. The maximum absolute atomic E-state index is 12.1. The van der Waals surface area contributed by atoms with Crippen molar-refractivity contribution in [2.24, 2.45) is 0 Å². The molecule has 2 atom stereocenters. The van der Waals surface area contributed by atoms with Crippen LogP contribution < -0.4 is 5.32 Å². The van der Waals surface area contributed by atoms with Gasteiger partial charge in [0.1, 0.15) is 5.01 Å². The standard InChI is InChI=1S/C14H16N2O2S2/c1-9-7-15-14(19-9)10(2)16-12-8-20(17,18)13-6-4-3-5-11(12)13/h3-7,10,12,16H,8H2,1-2H3. The van der Waals surface area contributed by atoms with E-state index in [1.165, 1.54) is 0 Å². The van der Waals surface area contributed by atoms with Gasteiger partial charge < -0.3 is 5.32 Å². The number of hydrogen-bond donors (Lipinski definition) is 1. The highest BCUT2D eigenvalue weighted by Gasteiger charge is 2.35. The molecule has 1 aromatic heterocycles. The zero-order valence-electron chi connectivity index (χ0n) is 11.3. The van der Waals surface area contributed by atoms with Crippen molar-refractivity contribution in [3.63, 3.8) is 0 Å². The lowest BCUT2D eigenvalue weighted by atomic mass is 10.1. The van der Waals surface area contributed by atoms with Crippen LogP contribution in [-0.4, -0.2) is 19.2 Å². The average molecular weight is 308 g/mol. The molecule has 106 valence electrons. The summed E-state index contributed by atoms with van der Waals surface area (Å²) in [6, 6.07) is 7.11. The molecule has 6 heteroatoms. The molecule has 2 aromatic rings. The van der Waals surface area contributed by atoms with Gasteiger partial charge in [-0.3, -0.25) is 0 Å². The summed E-state index contributed by atoms with van der Waals surface area (Å²) in [6.07, 6.45) is 1.84. The van der Waals surface area contributed by atoms with Crippen molar-refractivity contribution in [2.75, 3.05) is 5.75 Å². The van der Waals surface area contributed by atoms with Crippen molar-refractivity contribution in [3.05, 3.63) is 45.9 Å². The van der Waals surface area contributed by atoms with Crippen LogP contribution in [0.1, 0.15) is 34.5 Å². The van der Waals surface area contributed by atoms with Crippen LogP contribution >= 0.6 is 11.3 Å². The van der Waals surface area contributed by atoms with Gasteiger partial charge in [0.05, 0.1) is 16.7 Å². The number of thiazole rings is 1. The third-order valence-electron chi connectivity index (χ3n) is 3.48. The number of nitrogens with one attached hydrogen (secondary N) is 1. The van der Waals surface area contributed by atoms with Gasteiger partial charge in [-0.25, -0.2) is 13.4 Å². The Hall–Kier alpha value is -1.24. The first-order valence-corrected chi connectivity index (χ1v) is 8.94. The van der Waals surface area contributed by atoms with Gasteiger partial charge in [-0.2, -0.15) is 0 Å². The first-order chi connectivity index (χ1) is 9.47. The third-order valence-corrected chi connectivity index (χ3v) is 6.39. The van der Waals surface area contributed by atoms with E-state index in [4.69, 9.17) is 0 Å². The van der Waals surface area contributed by atoms with Crippen molar-refractivity contribution in [3.8, 4) is 0 Å². The Morgan fingerprint density at radius 1 is 1.40 bits per heavy atom. The van der Waals surface area contributed by atoms with Crippen LogP contribution in [0.5, 0.6) is 0 Å². The second kappa shape index (κ2) is 4.95. The van der Waals surface area contributed by atoms with Crippen molar-refractivity contribution in [1.29, 1.82) is 0 Å². The number of sulfone groups is 1. The van der Waals surface area contributed by atoms with Gasteiger partial charge in [0.2, 0.25) is 0 Å². The minimum Gasteiger partial charge on any atom is -0.300 e. The fourth-order valence-electron chi connectivity index (χ4n) is 2.53. The molecule has 0 spiro atoms. The number of fused-ring (bicyclic) bond motifs is 1. The number of aryl methyl sites for hydroxylation is 1. The van der Waals surface area contributed by atoms with E-state index in [2.05, 4.69) is 10.3 Å². The predicted octanol–water partition coefficient (Wildman–Crippen LogP) is 2.63. The number of rotatable bonds is 3. The lowest BCUT2D eigenvalue weighted by Gasteiger charge is -2.17. The second-order valence-electron chi connectivity index (χ2n) is 5.07. The number of nitrogens with zero attached hydrogens (tertiary/aromatic N) is 1. The molecule has 4 nitrogen and oxygen atoms in total. The topological polar surface area (TPSA) is 59.1 Å². The van der Waals surface area contributed by atoms with Crippen LogP contribution in [0.3, 0.4) is 0 Å². The summed E-state index contributed by atoms with van der Waals surface area (Å²) in [5.41, 5.74) is 0.868. The largest absolute Gasteiger partial charge is 0.300 e. The summed E-state index contributed by atoms with van der Waals surface area (Å²) in [4.78, 5) is 5.98. The summed E-state index contributed by atoms with van der Waals surface area (Å²) in [5.74, 6) is 0.126. The molecule has 1 aliphatic heterocycles. The number of aromatic nitrogens is 1. The fraction of sp³-hybridized carbons (Fsp3) is 0.357. The van der Waals surface area contributed by atoms with Crippen LogP contribution in [-0.2, 0) is 9.84 Å². The number of benzene rings is 1. The first kappa shape index (κ1) is 13.7. The Kier molecular flexibility index (Phi) is 3.40. The highest BCUT2D eigenvalue weighted by atomic mass is 32.2. The maximum atomic E-state index is 12.1. The normalized spacial score (nSPS) is 21.6. The van der Waals surface area contributed by atoms with E-state index >= 15 is 0 Å². The number of hydrogen-bond acceptors (Lipinski definition) is 5. The molecule has 1 aliphatic rings. The Morgan fingerprint density at radius 3 is 2.85 bits per heavy atom. The predicted molar refractivity (Wildman–Crippen MR) is 79.6 cm³/mol. The van der Waals surface area contributed by atoms with Gasteiger partial charge in [0.25, 0.3) is 0 Å². The molecule has 20 heavy (non-hydrogen) atoms. The smallest absolute Gasteiger partial charge is 0.180 e. The molecular weight excluding hydrogens is 292 g/mol. The molecule has 1 N–H and O–H groups in total. The molecule has 2 unspecified atom stereocenters. The van der Waals surface area contributed by atoms with Gasteiger partial charge in [0.15, 0.2) is 9.84 Å². The van der Waals surface area contributed by atoms with E-state index in [1.54, 1.807) is 23.5 Å². The van der Waals surface area contributed by atoms with Crippen molar-refractivity contribution in [1.82, 2.24) is 10.3 Å². The second-order valence-corrected chi connectivity index (χ2v) is 8.34. The Balaban J connectivity index is 1.86. The summed E-state index contributed by atoms with van der Waals surface area (Å²) in [6.45, 7) is 4.04. The summed E-state index contributed by atoms with van der Waals surface area (Å²) in [7, 11) is -3.16. The van der Waals surface area contributed by atoms with E-state index in [9.17, 15) is 8.42 Å². The first-order valence-electron chi connectivity index (χ1n) is 6.47. The lowest BCUT2D eigenvalue weighted by molar-refractivity contribution is 0.495. The van der Waals surface area contributed by atoms with E-state index < -0.39 is 9.84 Å². The highest BCUT2D eigenvalue weighted by molar-refractivity contribution is 7.91. The van der Waals surface area contributed by atoms with E-state index in [1.807, 2.05) is 32.2 Å². The monoisotopic (exact) mass is 308 g/mol. The minimum absolute atomic E-state index is 0.0417. The van der Waals surface area contributed by atoms with Crippen LogP contribution in [0.25, 0.3) is 0 Å². The van der Waals surface area contributed by atoms with Crippen molar-refractivity contribution in [2.45, 2.75) is 30.8 Å². The van der Waals surface area contributed by atoms with Crippen LogP contribution in [0.4, 0.5) is 0 Å².